The predicted octanol–water partition coefficient (Wildman–Crippen LogP) is 3.00. The van der Waals surface area contributed by atoms with Gasteiger partial charge in [-0.05, 0) is 55.7 Å². The summed E-state index contributed by atoms with van der Waals surface area (Å²) in [6, 6.07) is 6.05. The van der Waals surface area contributed by atoms with Crippen molar-refractivity contribution in [3.05, 3.63) is 46.4 Å². The largest absolute Gasteiger partial charge is 0.364 e. The minimum atomic E-state index is 0.700. The van der Waals surface area contributed by atoms with Crippen LogP contribution in [0, 0.1) is 5.92 Å². The Morgan fingerprint density at radius 2 is 2.07 bits per heavy atom. The zero-order valence-corrected chi connectivity index (χ0v) is 17.3. The van der Waals surface area contributed by atoms with E-state index in [4.69, 9.17) is 9.97 Å². The minimum absolute atomic E-state index is 0.700. The molecule has 1 aliphatic carbocycles. The zero-order chi connectivity index (χ0) is 18.9. The average molecular weight is 395 g/mol. The van der Waals surface area contributed by atoms with Crippen LogP contribution < -0.4 is 10.2 Å². The summed E-state index contributed by atoms with van der Waals surface area (Å²) in [5, 5.41) is 4.85. The molecule has 5 rings (SSSR count). The summed E-state index contributed by atoms with van der Waals surface area (Å²) in [6.07, 6.45) is 8.09. The van der Waals surface area contributed by atoms with Crippen molar-refractivity contribution >= 4 is 27.4 Å². The van der Waals surface area contributed by atoms with Gasteiger partial charge >= 0.3 is 0 Å². The molecule has 146 valence electrons. The second kappa shape index (κ2) is 7.76. The Bertz CT molecular complexity index is 960. The van der Waals surface area contributed by atoms with Gasteiger partial charge in [0.15, 0.2) is 5.82 Å². The van der Waals surface area contributed by atoms with Gasteiger partial charge < -0.3 is 10.2 Å². The summed E-state index contributed by atoms with van der Waals surface area (Å²) in [5.41, 5.74) is 2.52. The van der Waals surface area contributed by atoms with E-state index in [-0.39, 0.29) is 0 Å². The Morgan fingerprint density at radius 3 is 2.89 bits per heavy atom. The van der Waals surface area contributed by atoms with Crippen LogP contribution in [0.1, 0.15) is 48.1 Å². The van der Waals surface area contributed by atoms with Crippen LogP contribution in [0.4, 0.5) is 5.82 Å². The van der Waals surface area contributed by atoms with Gasteiger partial charge in [0.2, 0.25) is 0 Å². The first-order chi connectivity index (χ1) is 13.8. The van der Waals surface area contributed by atoms with Gasteiger partial charge in [0.05, 0.1) is 30.7 Å². The van der Waals surface area contributed by atoms with Crippen LogP contribution in [0.25, 0.3) is 10.2 Å². The van der Waals surface area contributed by atoms with E-state index < -0.39 is 0 Å². The summed E-state index contributed by atoms with van der Waals surface area (Å²) in [5.74, 6) is 2.86. The molecule has 2 N–H and O–H groups in total. The number of rotatable bonds is 5. The number of pyridine rings is 1. The fraction of sp³-hybridized carbons (Fsp3) is 0.500. The summed E-state index contributed by atoms with van der Waals surface area (Å²) < 4.78 is 0. The number of quaternary nitrogens is 1. The van der Waals surface area contributed by atoms with Crippen molar-refractivity contribution < 1.29 is 4.90 Å². The van der Waals surface area contributed by atoms with Gasteiger partial charge in [-0.2, -0.15) is 0 Å². The van der Waals surface area contributed by atoms with Gasteiger partial charge in [-0.1, -0.05) is 13.0 Å². The Kier molecular flexibility index (Phi) is 4.99. The third-order valence-electron chi connectivity index (χ3n) is 6.16. The highest BCUT2D eigenvalue weighted by molar-refractivity contribution is 7.19. The monoisotopic (exact) mass is 394 g/mol. The van der Waals surface area contributed by atoms with Crippen LogP contribution in [0.2, 0.25) is 0 Å². The van der Waals surface area contributed by atoms with Gasteiger partial charge in [-0.3, -0.25) is 4.98 Å². The first kappa shape index (κ1) is 18.0. The predicted molar refractivity (Wildman–Crippen MR) is 114 cm³/mol. The molecule has 1 aliphatic heterocycles. The van der Waals surface area contributed by atoms with Crippen molar-refractivity contribution in [2.45, 2.75) is 52.1 Å². The average Bonchev–Trinajstić information content (AvgIpc) is 3.30. The molecule has 0 aromatic carbocycles. The topological polar surface area (TPSA) is 55.1 Å². The highest BCUT2D eigenvalue weighted by Gasteiger charge is 2.24. The van der Waals surface area contributed by atoms with E-state index in [1.165, 1.54) is 59.4 Å². The number of nitrogens with one attached hydrogen (secondary N) is 2. The van der Waals surface area contributed by atoms with Crippen LogP contribution in [0.15, 0.2) is 24.4 Å². The van der Waals surface area contributed by atoms with Crippen molar-refractivity contribution in [2.75, 3.05) is 18.4 Å². The zero-order valence-electron chi connectivity index (χ0n) is 16.5. The molecular weight excluding hydrogens is 366 g/mol. The molecule has 3 aromatic heterocycles. The number of thiophene rings is 1. The summed E-state index contributed by atoms with van der Waals surface area (Å²) in [4.78, 5) is 18.8. The van der Waals surface area contributed by atoms with Crippen LogP contribution in [-0.4, -0.2) is 28.0 Å². The van der Waals surface area contributed by atoms with Gasteiger partial charge in [0.1, 0.15) is 17.2 Å². The Hall–Kier alpha value is -2.05. The molecule has 0 unspecified atom stereocenters. The van der Waals surface area contributed by atoms with E-state index in [1.54, 1.807) is 4.90 Å². The summed E-state index contributed by atoms with van der Waals surface area (Å²) in [7, 11) is 0. The van der Waals surface area contributed by atoms with Crippen LogP contribution >= 0.6 is 11.3 Å². The molecule has 1 saturated heterocycles. The number of hydrogen-bond donors (Lipinski definition) is 2. The summed E-state index contributed by atoms with van der Waals surface area (Å²) in [6.45, 7) is 6.47. The number of aryl methyl sites for hydroxylation is 2. The third-order valence-corrected chi connectivity index (χ3v) is 7.35. The number of nitrogens with zero attached hydrogens (tertiary/aromatic N) is 3. The minimum Gasteiger partial charge on any atom is -0.364 e. The number of piperidine rings is 1. The fourth-order valence-corrected chi connectivity index (χ4v) is 5.77. The van der Waals surface area contributed by atoms with Gasteiger partial charge in [0.25, 0.3) is 0 Å². The number of hydrogen-bond acceptors (Lipinski definition) is 5. The van der Waals surface area contributed by atoms with E-state index in [1.807, 2.05) is 29.7 Å². The Labute approximate surface area is 170 Å². The maximum absolute atomic E-state index is 5.01. The molecule has 5 nitrogen and oxygen atoms in total. The lowest BCUT2D eigenvalue weighted by atomic mass is 9.99. The second-order valence-electron chi connectivity index (χ2n) is 8.31. The number of anilines is 1. The second-order valence-corrected chi connectivity index (χ2v) is 9.39. The van der Waals surface area contributed by atoms with E-state index >= 15 is 0 Å². The first-order valence-electron chi connectivity index (χ1n) is 10.5. The SMILES string of the molecule is CC1CC[NH+](Cc2nc(NCc3ccccn3)c3c4c(sc3n2)CCC4)CC1. The molecule has 3 aromatic rings. The van der Waals surface area contributed by atoms with Gasteiger partial charge in [-0.15, -0.1) is 11.3 Å². The third kappa shape index (κ3) is 3.63. The molecule has 0 amide bonds. The molecule has 2 aliphatic rings. The molecule has 1 fully saturated rings. The Morgan fingerprint density at radius 1 is 1.18 bits per heavy atom. The lowest BCUT2D eigenvalue weighted by molar-refractivity contribution is -0.920. The normalized spacial score (nSPS) is 21.8. The van der Waals surface area contributed by atoms with Crippen molar-refractivity contribution in [1.29, 1.82) is 0 Å². The molecule has 0 atom stereocenters. The lowest BCUT2D eigenvalue weighted by Crippen LogP contribution is -3.11. The van der Waals surface area contributed by atoms with Crippen LogP contribution in [0.3, 0.4) is 0 Å². The van der Waals surface area contributed by atoms with Crippen LogP contribution in [-0.2, 0) is 25.9 Å². The van der Waals surface area contributed by atoms with Gasteiger partial charge in [-0.25, -0.2) is 9.97 Å². The molecule has 0 spiro atoms. The van der Waals surface area contributed by atoms with Crippen molar-refractivity contribution in [2.24, 2.45) is 5.92 Å². The van der Waals surface area contributed by atoms with E-state index in [0.29, 0.717) is 6.54 Å². The van der Waals surface area contributed by atoms with Crippen molar-refractivity contribution in [3.8, 4) is 0 Å². The van der Waals surface area contributed by atoms with Crippen molar-refractivity contribution in [3.63, 3.8) is 0 Å². The number of fused-ring (bicyclic) bond motifs is 3. The highest BCUT2D eigenvalue weighted by Crippen LogP contribution is 2.39. The Balaban J connectivity index is 1.45. The van der Waals surface area contributed by atoms with Crippen molar-refractivity contribution in [1.82, 2.24) is 15.0 Å². The van der Waals surface area contributed by atoms with E-state index in [2.05, 4.69) is 23.3 Å². The molecule has 0 saturated carbocycles. The quantitative estimate of drug-likeness (QED) is 0.699. The molecule has 0 radical (unpaired) electrons. The first-order valence-corrected chi connectivity index (χ1v) is 11.4. The summed E-state index contributed by atoms with van der Waals surface area (Å²) >= 11 is 1.88. The fourth-order valence-electron chi connectivity index (χ4n) is 4.49. The maximum Gasteiger partial charge on any atom is 0.187 e. The maximum atomic E-state index is 5.01. The van der Waals surface area contributed by atoms with E-state index in [0.717, 1.165) is 36.2 Å². The molecule has 0 bridgehead atoms. The number of aromatic nitrogens is 3. The highest BCUT2D eigenvalue weighted by atomic mass is 32.1. The standard InChI is InChI=1S/C22H27N5S/c1-15-8-11-27(12-9-15)14-19-25-21(24-13-16-5-2-3-10-23-16)20-17-6-4-7-18(17)28-22(20)26-19/h2-3,5,10,15H,4,6-9,11-14H2,1H3,(H,24,25,26)/p+1. The molecule has 6 heteroatoms. The van der Waals surface area contributed by atoms with E-state index in [9.17, 15) is 0 Å². The smallest absolute Gasteiger partial charge is 0.187 e. The van der Waals surface area contributed by atoms with Gasteiger partial charge in [0, 0.05) is 11.1 Å². The number of likely N-dealkylation sites (tertiary alicyclic amines) is 1. The molecular formula is C22H28N5S+. The molecule has 4 heterocycles. The molecule has 28 heavy (non-hydrogen) atoms. The van der Waals surface area contributed by atoms with Crippen LogP contribution in [0.5, 0.6) is 0 Å². The lowest BCUT2D eigenvalue weighted by Gasteiger charge is -2.26.